The van der Waals surface area contributed by atoms with Crippen molar-refractivity contribution >= 4 is 13.7 Å². The third kappa shape index (κ3) is 53.0. The van der Waals surface area contributed by atoms with E-state index in [1.807, 2.05) is 27.2 Å². The molecule has 0 aromatic heterocycles. The summed E-state index contributed by atoms with van der Waals surface area (Å²) in [6.07, 6.45) is 63.3. The molecule has 0 aliphatic carbocycles. The van der Waals surface area contributed by atoms with Crippen LogP contribution in [-0.4, -0.2) is 73.4 Å². The van der Waals surface area contributed by atoms with Gasteiger partial charge in [-0.1, -0.05) is 296 Å². The van der Waals surface area contributed by atoms with Crippen molar-refractivity contribution in [3.63, 3.8) is 0 Å². The average molecular weight is 985 g/mol. The molecule has 0 rings (SSSR count). The normalized spacial score (nSPS) is 13.9. The molecular formula is C59H120N2O6P+. The second-order valence-electron chi connectivity index (χ2n) is 22.1. The Balaban J connectivity index is 4.01. The van der Waals surface area contributed by atoms with E-state index in [1.165, 1.54) is 257 Å². The Bertz CT molecular complexity index is 1120. The number of carbonyl (C=O) groups is 1. The van der Waals surface area contributed by atoms with Crippen molar-refractivity contribution in [2.45, 2.75) is 321 Å². The summed E-state index contributed by atoms with van der Waals surface area (Å²) in [5.74, 6) is -0.170. The maximum absolute atomic E-state index is 13.0. The van der Waals surface area contributed by atoms with Crippen molar-refractivity contribution in [1.29, 1.82) is 0 Å². The zero-order valence-corrected chi connectivity index (χ0v) is 47.3. The minimum atomic E-state index is -4.34. The number of hydrogen-bond acceptors (Lipinski definition) is 5. The van der Waals surface area contributed by atoms with Gasteiger partial charge in [0.1, 0.15) is 13.2 Å². The summed E-state index contributed by atoms with van der Waals surface area (Å²) in [6.45, 7) is 4.86. The molecule has 8 nitrogen and oxygen atoms in total. The first-order valence-corrected chi connectivity index (χ1v) is 31.6. The molecule has 0 radical (unpaired) electrons. The van der Waals surface area contributed by atoms with Gasteiger partial charge < -0.3 is 19.8 Å². The predicted molar refractivity (Wildman–Crippen MR) is 295 cm³/mol. The van der Waals surface area contributed by atoms with E-state index < -0.39 is 20.0 Å². The summed E-state index contributed by atoms with van der Waals surface area (Å²) in [5, 5.41) is 13.9. The summed E-state index contributed by atoms with van der Waals surface area (Å²) in [4.78, 5) is 23.3. The molecule has 0 saturated heterocycles. The summed E-state index contributed by atoms with van der Waals surface area (Å²) in [6, 6.07) is -0.841. The molecule has 9 heteroatoms. The van der Waals surface area contributed by atoms with Gasteiger partial charge in [-0.3, -0.25) is 13.8 Å². The van der Waals surface area contributed by atoms with Crippen molar-refractivity contribution in [3.05, 3.63) is 12.2 Å². The largest absolute Gasteiger partial charge is 0.472 e. The molecule has 0 saturated carbocycles. The number of phosphoric ester groups is 1. The van der Waals surface area contributed by atoms with Crippen LogP contribution in [0.4, 0.5) is 0 Å². The molecule has 0 heterocycles. The highest BCUT2D eigenvalue weighted by atomic mass is 31.2. The van der Waals surface area contributed by atoms with Crippen LogP contribution in [0.5, 0.6) is 0 Å². The maximum atomic E-state index is 13.0. The zero-order chi connectivity index (χ0) is 49.9. The second-order valence-corrected chi connectivity index (χ2v) is 23.5. The van der Waals surface area contributed by atoms with Crippen LogP contribution in [0, 0.1) is 0 Å². The lowest BCUT2D eigenvalue weighted by Crippen LogP contribution is -2.45. The highest BCUT2D eigenvalue weighted by Gasteiger charge is 2.27. The molecule has 0 aromatic carbocycles. The minimum absolute atomic E-state index is 0.0651. The fraction of sp³-hybridized carbons (Fsp3) is 0.949. The van der Waals surface area contributed by atoms with Crippen molar-refractivity contribution in [2.75, 3.05) is 40.9 Å². The SMILES string of the molecule is CCCCCCCCCCCCCCC/C=C/C(O)C(COP(=O)(O)OCC[N+](C)(C)C)NC(=O)CCCCCCCCCCCCCCCCCCCCCCCCCCCCCCCCC. The summed E-state index contributed by atoms with van der Waals surface area (Å²) in [7, 11) is 1.59. The van der Waals surface area contributed by atoms with Gasteiger partial charge in [0.15, 0.2) is 0 Å². The van der Waals surface area contributed by atoms with Gasteiger partial charge in [0.2, 0.25) is 5.91 Å². The van der Waals surface area contributed by atoms with Gasteiger partial charge in [-0.25, -0.2) is 4.57 Å². The van der Waals surface area contributed by atoms with Gasteiger partial charge in [-0.15, -0.1) is 0 Å². The highest BCUT2D eigenvalue weighted by Crippen LogP contribution is 2.43. The second kappa shape index (κ2) is 51.2. The van der Waals surface area contributed by atoms with E-state index in [0.717, 1.165) is 32.1 Å². The molecule has 3 atom stereocenters. The number of rotatable bonds is 56. The van der Waals surface area contributed by atoms with Crippen LogP contribution < -0.4 is 5.32 Å². The topological polar surface area (TPSA) is 105 Å². The Morgan fingerprint density at radius 3 is 1.09 bits per heavy atom. The first kappa shape index (κ1) is 67.2. The van der Waals surface area contributed by atoms with E-state index >= 15 is 0 Å². The average Bonchev–Trinajstić information content (AvgIpc) is 3.30. The van der Waals surface area contributed by atoms with E-state index in [9.17, 15) is 19.4 Å². The summed E-state index contributed by atoms with van der Waals surface area (Å²) >= 11 is 0. The molecule has 0 fully saturated rings. The number of unbranched alkanes of at least 4 members (excludes halogenated alkanes) is 43. The molecule has 0 bridgehead atoms. The van der Waals surface area contributed by atoms with E-state index in [-0.39, 0.29) is 19.1 Å². The molecule has 0 aliphatic rings. The summed E-state index contributed by atoms with van der Waals surface area (Å²) < 4.78 is 23.7. The molecule has 0 spiro atoms. The van der Waals surface area contributed by atoms with E-state index in [0.29, 0.717) is 17.4 Å². The molecule has 3 unspecified atom stereocenters. The number of quaternary nitrogens is 1. The number of carbonyl (C=O) groups excluding carboxylic acids is 1. The molecule has 3 N–H and O–H groups in total. The fourth-order valence-electron chi connectivity index (χ4n) is 9.28. The Morgan fingerprint density at radius 1 is 0.485 bits per heavy atom. The number of aliphatic hydroxyl groups excluding tert-OH is 1. The minimum Gasteiger partial charge on any atom is -0.387 e. The molecule has 0 aromatic rings. The molecular weight excluding hydrogens is 864 g/mol. The maximum Gasteiger partial charge on any atom is 0.472 e. The van der Waals surface area contributed by atoms with Crippen molar-refractivity contribution in [2.24, 2.45) is 0 Å². The zero-order valence-electron chi connectivity index (χ0n) is 46.4. The van der Waals surface area contributed by atoms with Gasteiger partial charge in [-0.05, 0) is 19.3 Å². The first-order chi connectivity index (χ1) is 33.0. The number of hydrogen-bond donors (Lipinski definition) is 3. The smallest absolute Gasteiger partial charge is 0.387 e. The Labute approximate surface area is 424 Å². The van der Waals surface area contributed by atoms with Crippen LogP contribution >= 0.6 is 7.82 Å². The van der Waals surface area contributed by atoms with E-state index in [2.05, 4.69) is 19.2 Å². The van der Waals surface area contributed by atoms with Crippen LogP contribution in [0.25, 0.3) is 0 Å². The van der Waals surface area contributed by atoms with Crippen molar-refractivity contribution in [1.82, 2.24) is 5.32 Å². The van der Waals surface area contributed by atoms with Crippen LogP contribution in [0.2, 0.25) is 0 Å². The van der Waals surface area contributed by atoms with E-state index in [4.69, 9.17) is 9.05 Å². The quantitative estimate of drug-likeness (QED) is 0.0243. The number of amides is 1. The van der Waals surface area contributed by atoms with Crippen molar-refractivity contribution < 1.29 is 32.9 Å². The van der Waals surface area contributed by atoms with Gasteiger partial charge in [0, 0.05) is 6.42 Å². The lowest BCUT2D eigenvalue weighted by molar-refractivity contribution is -0.870. The first-order valence-electron chi connectivity index (χ1n) is 30.1. The van der Waals surface area contributed by atoms with Crippen molar-refractivity contribution in [3.8, 4) is 0 Å². The van der Waals surface area contributed by atoms with Crippen LogP contribution in [0.3, 0.4) is 0 Å². The number of allylic oxidation sites excluding steroid dienone is 1. The molecule has 0 aliphatic heterocycles. The van der Waals surface area contributed by atoms with Crippen LogP contribution in [0.1, 0.15) is 309 Å². The number of phosphoric acid groups is 1. The predicted octanol–water partition coefficient (Wildman–Crippen LogP) is 18.2. The van der Waals surface area contributed by atoms with Gasteiger partial charge >= 0.3 is 7.82 Å². The van der Waals surface area contributed by atoms with Crippen LogP contribution in [0.15, 0.2) is 12.2 Å². The highest BCUT2D eigenvalue weighted by molar-refractivity contribution is 7.47. The standard InChI is InChI=1S/C59H119N2O6P/c1-6-8-10-12-14-16-18-20-22-23-24-25-26-27-28-29-30-31-32-33-34-35-36-37-39-41-43-45-47-49-51-53-59(63)60-57(56-67-68(64,65)66-55-54-61(3,4)5)58(62)52-50-48-46-44-42-40-38-21-19-17-15-13-11-9-7-2/h50,52,57-58,62H,6-49,51,53-56H2,1-5H3,(H-,60,63,64,65)/p+1/b52-50+. The Hall–Kier alpha value is -0.760. The van der Waals surface area contributed by atoms with E-state index in [1.54, 1.807) is 6.08 Å². The number of nitrogens with one attached hydrogen (secondary N) is 1. The summed E-state index contributed by atoms with van der Waals surface area (Å²) in [5.41, 5.74) is 0. The lowest BCUT2D eigenvalue weighted by Gasteiger charge is -2.25. The lowest BCUT2D eigenvalue weighted by atomic mass is 10.0. The number of likely N-dealkylation sites (N-methyl/N-ethyl adjacent to an activating group) is 1. The van der Waals surface area contributed by atoms with Gasteiger partial charge in [0.25, 0.3) is 0 Å². The monoisotopic (exact) mass is 984 g/mol. The molecule has 1 amide bonds. The Kier molecular flexibility index (Phi) is 50.6. The Morgan fingerprint density at radius 2 is 0.779 bits per heavy atom. The molecule has 406 valence electrons. The molecule has 68 heavy (non-hydrogen) atoms. The third-order valence-corrected chi connectivity index (χ3v) is 15.0. The third-order valence-electron chi connectivity index (χ3n) is 14.0. The van der Waals surface area contributed by atoms with Crippen LogP contribution in [-0.2, 0) is 18.4 Å². The number of nitrogens with zero attached hydrogens (tertiary/aromatic N) is 1. The van der Waals surface area contributed by atoms with Gasteiger partial charge in [-0.2, -0.15) is 0 Å². The van der Waals surface area contributed by atoms with Gasteiger partial charge in [0.05, 0.1) is 39.9 Å². The fourth-order valence-corrected chi connectivity index (χ4v) is 10.0. The number of aliphatic hydroxyl groups is 1.